The van der Waals surface area contributed by atoms with Gasteiger partial charge in [-0.3, -0.25) is 0 Å². The maximum Gasteiger partial charge on any atom is 0.0844 e. The molecule has 1 aromatic carbocycles. The van der Waals surface area contributed by atoms with Crippen molar-refractivity contribution in [1.82, 2.24) is 9.69 Å². The number of hydrogen-bond acceptors (Lipinski definition) is 4. The van der Waals surface area contributed by atoms with Crippen molar-refractivity contribution < 1.29 is 4.74 Å². The van der Waals surface area contributed by atoms with Crippen molar-refractivity contribution in [3.8, 4) is 11.3 Å². The second-order valence-corrected chi connectivity index (χ2v) is 5.68. The molecule has 0 aliphatic heterocycles. The molecule has 19 heavy (non-hydrogen) atoms. The van der Waals surface area contributed by atoms with Crippen LogP contribution in [0.5, 0.6) is 0 Å². The van der Waals surface area contributed by atoms with Gasteiger partial charge in [-0.05, 0) is 29.7 Å². The zero-order valence-corrected chi connectivity index (χ0v) is 12.8. The minimum atomic E-state index is 0.548. The highest BCUT2D eigenvalue weighted by molar-refractivity contribution is 7.06. The smallest absolute Gasteiger partial charge is 0.0844 e. The highest BCUT2D eigenvalue weighted by Gasteiger charge is 2.06. The van der Waals surface area contributed by atoms with Crippen LogP contribution in [0, 0.1) is 0 Å². The summed E-state index contributed by atoms with van der Waals surface area (Å²) in [6.07, 6.45) is 0. The molecule has 0 unspecified atom stereocenters. The van der Waals surface area contributed by atoms with E-state index in [9.17, 15) is 0 Å². The number of rotatable bonds is 6. The summed E-state index contributed by atoms with van der Waals surface area (Å²) < 4.78 is 9.40. The highest BCUT2D eigenvalue weighted by atomic mass is 35.5. The van der Waals surface area contributed by atoms with Crippen LogP contribution in [0.3, 0.4) is 0 Å². The fourth-order valence-electron chi connectivity index (χ4n) is 1.57. The maximum absolute atomic E-state index is 6.01. The van der Waals surface area contributed by atoms with E-state index in [-0.39, 0.29) is 0 Å². The van der Waals surface area contributed by atoms with Gasteiger partial charge in [-0.15, -0.1) is 0 Å². The fourth-order valence-corrected chi connectivity index (χ4v) is 2.58. The molecule has 2 rings (SSSR count). The summed E-state index contributed by atoms with van der Waals surface area (Å²) in [6.45, 7) is 2.33. The van der Waals surface area contributed by atoms with E-state index in [0.29, 0.717) is 16.7 Å². The van der Waals surface area contributed by atoms with Gasteiger partial charge in [0.1, 0.15) is 0 Å². The van der Waals surface area contributed by atoms with Gasteiger partial charge in [0, 0.05) is 30.6 Å². The number of nitrogens with one attached hydrogen (secondary N) is 1. The minimum absolute atomic E-state index is 0.548. The minimum Gasteiger partial charge on any atom is -0.383 e. The molecule has 0 bridgehead atoms. The van der Waals surface area contributed by atoms with Gasteiger partial charge in [-0.25, -0.2) is 0 Å². The SMILES string of the molecule is COCCNCc1cc(-c2ccc(Cl)c(Cl)c2)ns1. The third-order valence-corrected chi connectivity index (χ3v) is 4.08. The first-order valence-corrected chi connectivity index (χ1v) is 7.34. The molecule has 0 amide bonds. The summed E-state index contributed by atoms with van der Waals surface area (Å²) in [5.41, 5.74) is 1.90. The van der Waals surface area contributed by atoms with Crippen LogP contribution in [-0.2, 0) is 11.3 Å². The van der Waals surface area contributed by atoms with Gasteiger partial charge < -0.3 is 10.1 Å². The molecule has 6 heteroatoms. The average Bonchev–Trinajstić information content (AvgIpc) is 2.87. The normalized spacial score (nSPS) is 10.9. The Morgan fingerprint density at radius 2 is 2.11 bits per heavy atom. The number of hydrogen-bond donors (Lipinski definition) is 1. The summed E-state index contributed by atoms with van der Waals surface area (Å²) in [6, 6.07) is 7.60. The second kappa shape index (κ2) is 7.22. The molecule has 102 valence electrons. The molecular formula is C13H14Cl2N2OS. The van der Waals surface area contributed by atoms with E-state index in [1.54, 1.807) is 13.2 Å². The van der Waals surface area contributed by atoms with E-state index in [1.165, 1.54) is 16.4 Å². The number of halogens is 2. The molecule has 0 saturated carbocycles. The van der Waals surface area contributed by atoms with Gasteiger partial charge in [0.05, 0.1) is 22.3 Å². The quantitative estimate of drug-likeness (QED) is 0.822. The van der Waals surface area contributed by atoms with Crippen LogP contribution in [-0.4, -0.2) is 24.6 Å². The summed E-state index contributed by atoms with van der Waals surface area (Å²) in [5, 5.41) is 4.39. The van der Waals surface area contributed by atoms with Crippen molar-refractivity contribution >= 4 is 34.7 Å². The Morgan fingerprint density at radius 1 is 1.26 bits per heavy atom. The summed E-state index contributed by atoms with van der Waals surface area (Å²) in [5.74, 6) is 0. The Morgan fingerprint density at radius 3 is 2.84 bits per heavy atom. The van der Waals surface area contributed by atoms with Gasteiger partial charge in [0.25, 0.3) is 0 Å². The fraction of sp³-hybridized carbons (Fsp3) is 0.308. The predicted octanol–water partition coefficient (Wildman–Crippen LogP) is 3.85. The van der Waals surface area contributed by atoms with Crippen LogP contribution < -0.4 is 5.32 Å². The molecule has 0 radical (unpaired) electrons. The van der Waals surface area contributed by atoms with E-state index in [4.69, 9.17) is 27.9 Å². The van der Waals surface area contributed by atoms with Gasteiger partial charge in [0.15, 0.2) is 0 Å². The molecule has 0 fully saturated rings. The Kier molecular flexibility index (Phi) is 5.60. The maximum atomic E-state index is 6.01. The third-order valence-electron chi connectivity index (χ3n) is 2.56. The molecule has 1 heterocycles. The van der Waals surface area contributed by atoms with Crippen molar-refractivity contribution in [2.24, 2.45) is 0 Å². The zero-order chi connectivity index (χ0) is 13.7. The van der Waals surface area contributed by atoms with E-state index in [1.807, 2.05) is 12.1 Å². The van der Waals surface area contributed by atoms with Crippen LogP contribution in [0.2, 0.25) is 10.0 Å². The van der Waals surface area contributed by atoms with Crippen molar-refractivity contribution in [1.29, 1.82) is 0 Å². The van der Waals surface area contributed by atoms with Gasteiger partial charge in [0.2, 0.25) is 0 Å². The summed E-state index contributed by atoms with van der Waals surface area (Å²) >= 11 is 13.4. The van der Waals surface area contributed by atoms with E-state index in [0.717, 1.165) is 24.3 Å². The van der Waals surface area contributed by atoms with Gasteiger partial charge in [-0.2, -0.15) is 4.37 Å². The molecule has 0 spiro atoms. The van der Waals surface area contributed by atoms with E-state index < -0.39 is 0 Å². The van der Waals surface area contributed by atoms with Crippen molar-refractivity contribution in [2.75, 3.05) is 20.3 Å². The number of methoxy groups -OCH3 is 1. The highest BCUT2D eigenvalue weighted by Crippen LogP contribution is 2.29. The molecule has 0 atom stereocenters. The van der Waals surface area contributed by atoms with Crippen molar-refractivity contribution in [3.05, 3.63) is 39.2 Å². The van der Waals surface area contributed by atoms with Crippen LogP contribution in [0.1, 0.15) is 4.88 Å². The lowest BCUT2D eigenvalue weighted by molar-refractivity contribution is 0.199. The molecule has 0 aliphatic rings. The molecule has 0 aliphatic carbocycles. The van der Waals surface area contributed by atoms with Gasteiger partial charge in [-0.1, -0.05) is 29.3 Å². The molecule has 3 nitrogen and oxygen atoms in total. The predicted molar refractivity (Wildman–Crippen MR) is 81.2 cm³/mol. The third kappa shape index (κ3) is 4.16. The Labute approximate surface area is 126 Å². The molecular weight excluding hydrogens is 303 g/mol. The first-order chi connectivity index (χ1) is 9.20. The Hall–Kier alpha value is -0.650. The van der Waals surface area contributed by atoms with E-state index >= 15 is 0 Å². The summed E-state index contributed by atoms with van der Waals surface area (Å²) in [4.78, 5) is 1.18. The summed E-state index contributed by atoms with van der Waals surface area (Å²) in [7, 11) is 1.69. The van der Waals surface area contributed by atoms with Gasteiger partial charge >= 0.3 is 0 Å². The second-order valence-electron chi connectivity index (χ2n) is 3.98. The number of ether oxygens (including phenoxy) is 1. The lowest BCUT2D eigenvalue weighted by Crippen LogP contribution is -2.17. The Balaban J connectivity index is 2.01. The molecule has 1 aromatic heterocycles. The largest absolute Gasteiger partial charge is 0.383 e. The molecule has 1 N–H and O–H groups in total. The van der Waals surface area contributed by atoms with Crippen LogP contribution in [0.15, 0.2) is 24.3 Å². The first-order valence-electron chi connectivity index (χ1n) is 5.81. The Bertz CT molecular complexity index is 545. The standard InChI is InChI=1S/C13H14Cl2N2OS/c1-18-5-4-16-8-10-7-13(17-19-10)9-2-3-11(14)12(15)6-9/h2-3,6-7,16H,4-5,8H2,1H3. The number of benzene rings is 1. The lowest BCUT2D eigenvalue weighted by atomic mass is 10.1. The average molecular weight is 317 g/mol. The molecule has 2 aromatic rings. The van der Waals surface area contributed by atoms with Crippen molar-refractivity contribution in [2.45, 2.75) is 6.54 Å². The van der Waals surface area contributed by atoms with Crippen LogP contribution >= 0.6 is 34.7 Å². The number of nitrogens with zero attached hydrogens (tertiary/aromatic N) is 1. The van der Waals surface area contributed by atoms with Crippen molar-refractivity contribution in [3.63, 3.8) is 0 Å². The number of aromatic nitrogens is 1. The zero-order valence-electron chi connectivity index (χ0n) is 10.5. The monoisotopic (exact) mass is 316 g/mol. The van der Waals surface area contributed by atoms with Crippen LogP contribution in [0.4, 0.5) is 0 Å². The first kappa shape index (κ1) is 14.8. The molecule has 0 saturated heterocycles. The van der Waals surface area contributed by atoms with E-state index in [2.05, 4.69) is 15.8 Å². The van der Waals surface area contributed by atoms with Crippen LogP contribution in [0.25, 0.3) is 11.3 Å². The lowest BCUT2D eigenvalue weighted by Gasteiger charge is -2.00. The topological polar surface area (TPSA) is 34.1 Å².